The van der Waals surface area contributed by atoms with E-state index < -0.39 is 0 Å². The molecule has 0 aromatic heterocycles. The summed E-state index contributed by atoms with van der Waals surface area (Å²) in [5, 5.41) is 9.86. The summed E-state index contributed by atoms with van der Waals surface area (Å²) in [5.74, 6) is -0.533. The first-order valence-corrected chi connectivity index (χ1v) is 5.49. The molecule has 0 atom stereocenters. The molecule has 0 amide bonds. The van der Waals surface area contributed by atoms with Crippen LogP contribution in [-0.2, 0) is 0 Å². The van der Waals surface area contributed by atoms with E-state index in [1.807, 2.05) is 0 Å². The van der Waals surface area contributed by atoms with Crippen LogP contribution in [0.2, 0.25) is 0 Å². The van der Waals surface area contributed by atoms with Crippen molar-refractivity contribution < 1.29 is 9.90 Å². The molecule has 4 nitrogen and oxygen atoms in total. The van der Waals surface area contributed by atoms with Gasteiger partial charge in [-0.3, -0.25) is 4.79 Å². The van der Waals surface area contributed by atoms with Gasteiger partial charge in [-0.05, 0) is 36.8 Å². The summed E-state index contributed by atoms with van der Waals surface area (Å²) < 4.78 is 0. The lowest BCUT2D eigenvalue weighted by molar-refractivity contribution is 0.103. The van der Waals surface area contributed by atoms with Gasteiger partial charge in [0.15, 0.2) is 5.78 Å². The normalized spacial score (nSPS) is 10.3. The number of para-hydroxylation sites is 1. The summed E-state index contributed by atoms with van der Waals surface area (Å²) in [5.41, 5.74) is 13.3. The van der Waals surface area contributed by atoms with Crippen molar-refractivity contribution in [3.05, 3.63) is 53.1 Å². The van der Waals surface area contributed by atoms with Crippen molar-refractivity contribution in [3.8, 4) is 5.75 Å². The van der Waals surface area contributed by atoms with Gasteiger partial charge in [0.25, 0.3) is 0 Å². The van der Waals surface area contributed by atoms with Crippen LogP contribution in [0, 0.1) is 6.92 Å². The number of phenols is 1. The largest absolute Gasteiger partial charge is 0.505 e. The fourth-order valence-corrected chi connectivity index (χ4v) is 1.83. The number of carbonyl (C=O) groups is 1. The average molecular weight is 242 g/mol. The van der Waals surface area contributed by atoms with Gasteiger partial charge in [-0.2, -0.15) is 0 Å². The molecule has 0 saturated carbocycles. The molecule has 92 valence electrons. The van der Waals surface area contributed by atoms with Crippen molar-refractivity contribution in [1.29, 1.82) is 0 Å². The van der Waals surface area contributed by atoms with Crippen LogP contribution in [0.25, 0.3) is 0 Å². The Bertz CT molecular complexity index is 621. The number of nitrogens with two attached hydrogens (primary N) is 2. The number of rotatable bonds is 2. The summed E-state index contributed by atoms with van der Waals surface area (Å²) >= 11 is 0. The number of anilines is 2. The van der Waals surface area contributed by atoms with Crippen LogP contribution in [0.3, 0.4) is 0 Å². The lowest BCUT2D eigenvalue weighted by atomic mass is 9.98. The Kier molecular flexibility index (Phi) is 2.93. The number of phenolic OH excluding ortho intramolecular Hbond substituents is 1. The first-order valence-electron chi connectivity index (χ1n) is 5.49. The van der Waals surface area contributed by atoms with Gasteiger partial charge in [0, 0.05) is 11.3 Å². The van der Waals surface area contributed by atoms with E-state index in [-0.39, 0.29) is 22.8 Å². The molecule has 0 aliphatic rings. The smallest absolute Gasteiger partial charge is 0.198 e. The Labute approximate surface area is 105 Å². The molecule has 2 aromatic carbocycles. The minimum absolute atomic E-state index is 0.172. The van der Waals surface area contributed by atoms with Gasteiger partial charge in [-0.1, -0.05) is 12.1 Å². The third kappa shape index (κ3) is 2.00. The maximum atomic E-state index is 12.3. The van der Waals surface area contributed by atoms with Crippen LogP contribution in [0.4, 0.5) is 11.4 Å². The van der Waals surface area contributed by atoms with E-state index in [0.29, 0.717) is 11.3 Å². The molecule has 0 fully saturated rings. The molecule has 0 unspecified atom stereocenters. The number of nitrogen functional groups attached to an aromatic ring is 2. The van der Waals surface area contributed by atoms with Gasteiger partial charge < -0.3 is 16.6 Å². The van der Waals surface area contributed by atoms with Crippen LogP contribution in [-0.4, -0.2) is 10.9 Å². The molecule has 0 aliphatic carbocycles. The van der Waals surface area contributed by atoms with Crippen LogP contribution in [0.1, 0.15) is 21.5 Å². The van der Waals surface area contributed by atoms with Gasteiger partial charge in [0.05, 0.1) is 11.3 Å². The highest BCUT2D eigenvalue weighted by atomic mass is 16.3. The number of carbonyl (C=O) groups excluding carboxylic acids is 1. The van der Waals surface area contributed by atoms with E-state index in [1.54, 1.807) is 43.3 Å². The molecule has 5 N–H and O–H groups in total. The van der Waals surface area contributed by atoms with Gasteiger partial charge in [-0.25, -0.2) is 0 Å². The molecule has 18 heavy (non-hydrogen) atoms. The monoisotopic (exact) mass is 242 g/mol. The van der Waals surface area contributed by atoms with Gasteiger partial charge in [0.1, 0.15) is 5.75 Å². The number of benzene rings is 2. The predicted molar refractivity (Wildman–Crippen MR) is 71.5 cm³/mol. The van der Waals surface area contributed by atoms with E-state index in [9.17, 15) is 9.90 Å². The molecule has 0 spiro atoms. The number of aromatic hydroxyl groups is 1. The Morgan fingerprint density at radius 2 is 1.72 bits per heavy atom. The fraction of sp³-hybridized carbons (Fsp3) is 0.0714. The summed E-state index contributed by atoms with van der Waals surface area (Å²) in [6.07, 6.45) is 0. The van der Waals surface area contributed by atoms with Crippen molar-refractivity contribution in [3.63, 3.8) is 0 Å². The Hall–Kier alpha value is -2.49. The number of hydrogen-bond acceptors (Lipinski definition) is 4. The molecule has 0 bridgehead atoms. The van der Waals surface area contributed by atoms with Crippen molar-refractivity contribution in [1.82, 2.24) is 0 Å². The zero-order valence-corrected chi connectivity index (χ0v) is 9.97. The average Bonchev–Trinajstić information content (AvgIpc) is 2.33. The van der Waals surface area contributed by atoms with Crippen molar-refractivity contribution >= 4 is 17.2 Å². The van der Waals surface area contributed by atoms with Crippen LogP contribution in [0.5, 0.6) is 5.75 Å². The highest BCUT2D eigenvalue weighted by Gasteiger charge is 2.17. The minimum Gasteiger partial charge on any atom is -0.505 e. The summed E-state index contributed by atoms with van der Waals surface area (Å²) in [6, 6.07) is 9.94. The lowest BCUT2D eigenvalue weighted by Gasteiger charge is -2.09. The summed E-state index contributed by atoms with van der Waals surface area (Å²) in [6.45, 7) is 1.81. The molecule has 0 saturated heterocycles. The van der Waals surface area contributed by atoms with Gasteiger partial charge >= 0.3 is 0 Å². The van der Waals surface area contributed by atoms with Crippen LogP contribution in [0.15, 0.2) is 36.4 Å². The standard InChI is InChI=1S/C14H14N2O2/c1-8-6-10(14(18)12(16)7-8)13(17)9-4-2-3-5-11(9)15/h2-7,18H,15-16H2,1H3. The van der Waals surface area contributed by atoms with Gasteiger partial charge in [-0.15, -0.1) is 0 Å². The molecular formula is C14H14N2O2. The second-order valence-corrected chi connectivity index (χ2v) is 4.17. The predicted octanol–water partition coefficient (Wildman–Crippen LogP) is 2.10. The quantitative estimate of drug-likeness (QED) is 0.427. The highest BCUT2D eigenvalue weighted by Crippen LogP contribution is 2.29. The van der Waals surface area contributed by atoms with E-state index >= 15 is 0 Å². The zero-order valence-electron chi connectivity index (χ0n) is 9.97. The highest BCUT2D eigenvalue weighted by molar-refractivity contribution is 6.14. The summed E-state index contributed by atoms with van der Waals surface area (Å²) in [7, 11) is 0. The maximum Gasteiger partial charge on any atom is 0.198 e. The second kappa shape index (κ2) is 4.41. The summed E-state index contributed by atoms with van der Waals surface area (Å²) in [4.78, 5) is 12.3. The number of aryl methyl sites for hydroxylation is 1. The zero-order chi connectivity index (χ0) is 13.3. The molecule has 2 aromatic rings. The topological polar surface area (TPSA) is 89.3 Å². The van der Waals surface area contributed by atoms with Crippen LogP contribution >= 0.6 is 0 Å². The van der Waals surface area contributed by atoms with Crippen molar-refractivity contribution in [2.45, 2.75) is 6.92 Å². The third-order valence-electron chi connectivity index (χ3n) is 2.73. The Morgan fingerprint density at radius 3 is 2.39 bits per heavy atom. The maximum absolute atomic E-state index is 12.3. The van der Waals surface area contributed by atoms with Gasteiger partial charge in [0.2, 0.25) is 0 Å². The Balaban J connectivity index is 2.57. The van der Waals surface area contributed by atoms with E-state index in [4.69, 9.17) is 11.5 Å². The SMILES string of the molecule is Cc1cc(N)c(O)c(C(=O)c2ccccc2N)c1. The first kappa shape index (κ1) is 12.0. The van der Waals surface area contributed by atoms with E-state index in [2.05, 4.69) is 0 Å². The molecular weight excluding hydrogens is 228 g/mol. The molecule has 0 radical (unpaired) electrons. The van der Waals surface area contributed by atoms with E-state index in [1.165, 1.54) is 0 Å². The third-order valence-corrected chi connectivity index (χ3v) is 2.73. The van der Waals surface area contributed by atoms with Crippen molar-refractivity contribution in [2.75, 3.05) is 11.5 Å². The number of hydrogen-bond donors (Lipinski definition) is 3. The number of ketones is 1. The minimum atomic E-state index is -0.332. The lowest BCUT2D eigenvalue weighted by Crippen LogP contribution is -2.06. The molecule has 0 aliphatic heterocycles. The molecule has 2 rings (SSSR count). The first-order chi connectivity index (χ1) is 8.50. The Morgan fingerprint density at radius 1 is 1.06 bits per heavy atom. The van der Waals surface area contributed by atoms with Crippen LogP contribution < -0.4 is 11.5 Å². The molecule has 0 heterocycles. The van der Waals surface area contributed by atoms with Crippen molar-refractivity contribution in [2.24, 2.45) is 0 Å². The molecule has 4 heteroatoms. The fourth-order valence-electron chi connectivity index (χ4n) is 1.83. The second-order valence-electron chi connectivity index (χ2n) is 4.17. The van der Waals surface area contributed by atoms with E-state index in [0.717, 1.165) is 5.56 Å².